The second kappa shape index (κ2) is 5.85. The van der Waals surface area contributed by atoms with Gasteiger partial charge in [-0.1, -0.05) is 24.2 Å². The Bertz CT molecular complexity index is 586. The summed E-state index contributed by atoms with van der Waals surface area (Å²) in [5, 5.41) is 16.9. The van der Waals surface area contributed by atoms with Crippen LogP contribution in [-0.2, 0) is 11.8 Å². The molecule has 112 valence electrons. The maximum absolute atomic E-state index is 9.31. The fourth-order valence-electron chi connectivity index (χ4n) is 2.94. The van der Waals surface area contributed by atoms with Gasteiger partial charge in [0.2, 0.25) is 5.89 Å². The van der Waals surface area contributed by atoms with E-state index in [0.717, 1.165) is 43.8 Å². The van der Waals surface area contributed by atoms with Crippen molar-refractivity contribution < 1.29 is 9.63 Å². The SMILES string of the molecule is CCC1(c2nc(Cc3ccc(O)cc3)no2)CCCNC1. The first-order valence-corrected chi connectivity index (χ1v) is 7.53. The van der Waals surface area contributed by atoms with Crippen molar-refractivity contribution in [1.82, 2.24) is 15.5 Å². The fourth-order valence-corrected chi connectivity index (χ4v) is 2.94. The zero-order chi connectivity index (χ0) is 14.7. The van der Waals surface area contributed by atoms with Crippen LogP contribution in [0.1, 0.15) is 43.5 Å². The first-order chi connectivity index (χ1) is 10.2. The van der Waals surface area contributed by atoms with Gasteiger partial charge >= 0.3 is 0 Å². The Morgan fingerprint density at radius 1 is 1.33 bits per heavy atom. The van der Waals surface area contributed by atoms with Gasteiger partial charge in [0.05, 0.1) is 5.41 Å². The molecule has 5 heteroatoms. The summed E-state index contributed by atoms with van der Waals surface area (Å²) in [6, 6.07) is 7.11. The number of phenolic OH excluding ortho intramolecular Hbond substituents is 1. The number of benzene rings is 1. The average Bonchev–Trinajstić information content (AvgIpc) is 2.99. The Balaban J connectivity index is 1.77. The smallest absolute Gasteiger partial charge is 0.234 e. The molecule has 3 rings (SSSR count). The van der Waals surface area contributed by atoms with Gasteiger partial charge in [0, 0.05) is 13.0 Å². The molecule has 21 heavy (non-hydrogen) atoms. The van der Waals surface area contributed by atoms with Crippen LogP contribution in [0.15, 0.2) is 28.8 Å². The Morgan fingerprint density at radius 3 is 2.81 bits per heavy atom. The molecule has 1 aromatic carbocycles. The molecule has 1 aliphatic rings. The average molecular weight is 287 g/mol. The summed E-state index contributed by atoms with van der Waals surface area (Å²) < 4.78 is 5.54. The van der Waals surface area contributed by atoms with Crippen LogP contribution in [0, 0.1) is 0 Å². The highest BCUT2D eigenvalue weighted by atomic mass is 16.5. The first kappa shape index (κ1) is 14.1. The summed E-state index contributed by atoms with van der Waals surface area (Å²) in [4.78, 5) is 4.61. The third-order valence-corrected chi connectivity index (χ3v) is 4.37. The van der Waals surface area contributed by atoms with Crippen molar-refractivity contribution in [2.24, 2.45) is 0 Å². The van der Waals surface area contributed by atoms with Gasteiger partial charge in [0.1, 0.15) is 5.75 Å². The number of hydrogen-bond donors (Lipinski definition) is 2. The Kier molecular flexibility index (Phi) is 3.92. The van der Waals surface area contributed by atoms with E-state index >= 15 is 0 Å². The number of nitrogens with one attached hydrogen (secondary N) is 1. The highest BCUT2D eigenvalue weighted by molar-refractivity contribution is 5.27. The van der Waals surface area contributed by atoms with Crippen molar-refractivity contribution in [1.29, 1.82) is 0 Å². The minimum Gasteiger partial charge on any atom is -0.508 e. The normalized spacial score (nSPS) is 22.3. The van der Waals surface area contributed by atoms with Gasteiger partial charge in [-0.25, -0.2) is 0 Å². The number of phenols is 1. The number of piperidine rings is 1. The fraction of sp³-hybridized carbons (Fsp3) is 0.500. The molecular weight excluding hydrogens is 266 g/mol. The van der Waals surface area contributed by atoms with Crippen LogP contribution in [-0.4, -0.2) is 28.3 Å². The molecule has 1 fully saturated rings. The third kappa shape index (κ3) is 2.93. The summed E-state index contributed by atoms with van der Waals surface area (Å²) in [7, 11) is 0. The molecule has 1 atom stereocenters. The van der Waals surface area contributed by atoms with Crippen molar-refractivity contribution in [3.05, 3.63) is 41.5 Å². The van der Waals surface area contributed by atoms with E-state index in [9.17, 15) is 5.11 Å². The minimum absolute atomic E-state index is 0.0154. The predicted octanol–water partition coefficient (Wildman–Crippen LogP) is 2.40. The molecular formula is C16H21N3O2. The van der Waals surface area contributed by atoms with Gasteiger partial charge in [0.15, 0.2) is 5.82 Å². The van der Waals surface area contributed by atoms with Gasteiger partial charge in [-0.2, -0.15) is 4.98 Å². The van der Waals surface area contributed by atoms with Gasteiger partial charge in [0.25, 0.3) is 0 Å². The summed E-state index contributed by atoms with van der Waals surface area (Å²) in [5.74, 6) is 1.73. The second-order valence-electron chi connectivity index (χ2n) is 5.77. The van der Waals surface area contributed by atoms with Crippen LogP contribution in [0.25, 0.3) is 0 Å². The lowest BCUT2D eigenvalue weighted by molar-refractivity contribution is 0.220. The van der Waals surface area contributed by atoms with E-state index in [2.05, 4.69) is 22.4 Å². The molecule has 1 aromatic heterocycles. The lowest BCUT2D eigenvalue weighted by Crippen LogP contribution is -2.43. The molecule has 5 nitrogen and oxygen atoms in total. The van der Waals surface area contributed by atoms with Crippen LogP contribution in [0.4, 0.5) is 0 Å². The molecule has 1 aliphatic heterocycles. The Labute approximate surface area is 124 Å². The van der Waals surface area contributed by atoms with E-state index in [1.165, 1.54) is 0 Å². The summed E-state index contributed by atoms with van der Waals surface area (Å²) in [6.45, 7) is 4.15. The highest BCUT2D eigenvalue weighted by Gasteiger charge is 2.37. The topological polar surface area (TPSA) is 71.2 Å². The van der Waals surface area contributed by atoms with Gasteiger partial charge in [-0.15, -0.1) is 0 Å². The minimum atomic E-state index is -0.0154. The van der Waals surface area contributed by atoms with Crippen molar-refractivity contribution >= 4 is 0 Å². The van der Waals surface area contributed by atoms with E-state index in [0.29, 0.717) is 12.2 Å². The largest absolute Gasteiger partial charge is 0.508 e. The Morgan fingerprint density at radius 2 is 2.14 bits per heavy atom. The molecule has 1 saturated heterocycles. The molecule has 0 aliphatic carbocycles. The standard InChI is InChI=1S/C16H21N3O2/c1-2-16(8-3-9-17-11-16)15-18-14(19-21-15)10-12-4-6-13(20)7-5-12/h4-7,17,20H,2-3,8-11H2,1H3. The zero-order valence-corrected chi connectivity index (χ0v) is 12.3. The summed E-state index contributed by atoms with van der Waals surface area (Å²) in [6.07, 6.45) is 3.86. The molecule has 2 heterocycles. The van der Waals surface area contributed by atoms with Crippen LogP contribution >= 0.6 is 0 Å². The number of rotatable bonds is 4. The molecule has 0 amide bonds. The van der Waals surface area contributed by atoms with Crippen molar-refractivity contribution in [3.8, 4) is 5.75 Å². The van der Waals surface area contributed by atoms with Crippen LogP contribution in [0.2, 0.25) is 0 Å². The summed E-state index contributed by atoms with van der Waals surface area (Å²) >= 11 is 0. The second-order valence-corrected chi connectivity index (χ2v) is 5.77. The molecule has 0 saturated carbocycles. The van der Waals surface area contributed by atoms with Gasteiger partial charge in [-0.05, 0) is 43.5 Å². The number of nitrogens with zero attached hydrogens (tertiary/aromatic N) is 2. The van der Waals surface area contributed by atoms with Crippen LogP contribution < -0.4 is 5.32 Å². The van der Waals surface area contributed by atoms with E-state index in [-0.39, 0.29) is 11.2 Å². The van der Waals surface area contributed by atoms with E-state index in [1.807, 2.05) is 12.1 Å². The molecule has 0 spiro atoms. The molecule has 0 bridgehead atoms. The lowest BCUT2D eigenvalue weighted by Gasteiger charge is -2.33. The van der Waals surface area contributed by atoms with Gasteiger partial charge < -0.3 is 14.9 Å². The van der Waals surface area contributed by atoms with E-state index in [4.69, 9.17) is 4.52 Å². The number of aromatic hydroxyl groups is 1. The third-order valence-electron chi connectivity index (χ3n) is 4.37. The van der Waals surface area contributed by atoms with Crippen LogP contribution in [0.3, 0.4) is 0 Å². The maximum Gasteiger partial charge on any atom is 0.234 e. The van der Waals surface area contributed by atoms with E-state index in [1.54, 1.807) is 12.1 Å². The van der Waals surface area contributed by atoms with Crippen molar-refractivity contribution in [2.75, 3.05) is 13.1 Å². The molecule has 2 aromatic rings. The monoisotopic (exact) mass is 287 g/mol. The highest BCUT2D eigenvalue weighted by Crippen LogP contribution is 2.33. The lowest BCUT2D eigenvalue weighted by atomic mass is 9.78. The molecule has 2 N–H and O–H groups in total. The summed E-state index contributed by atoms with van der Waals surface area (Å²) in [5.41, 5.74) is 1.05. The first-order valence-electron chi connectivity index (χ1n) is 7.53. The van der Waals surface area contributed by atoms with Gasteiger partial charge in [-0.3, -0.25) is 0 Å². The maximum atomic E-state index is 9.31. The van der Waals surface area contributed by atoms with E-state index < -0.39 is 0 Å². The van der Waals surface area contributed by atoms with Crippen molar-refractivity contribution in [3.63, 3.8) is 0 Å². The predicted molar refractivity (Wildman–Crippen MR) is 79.3 cm³/mol. The van der Waals surface area contributed by atoms with Crippen LogP contribution in [0.5, 0.6) is 5.75 Å². The number of hydrogen-bond acceptors (Lipinski definition) is 5. The quantitative estimate of drug-likeness (QED) is 0.903. The molecule has 0 radical (unpaired) electrons. The number of aromatic nitrogens is 2. The zero-order valence-electron chi connectivity index (χ0n) is 12.3. The Hall–Kier alpha value is -1.88. The van der Waals surface area contributed by atoms with Crippen molar-refractivity contribution in [2.45, 2.75) is 38.0 Å². The molecule has 1 unspecified atom stereocenters.